The molecule has 1 aromatic carbocycles. The number of ether oxygens (including phenoxy) is 1. The number of nitro groups is 1. The van der Waals surface area contributed by atoms with E-state index in [1.165, 1.54) is 6.07 Å². The van der Waals surface area contributed by atoms with Crippen LogP contribution in [0.4, 0.5) is 5.69 Å². The average molecular weight is 280 g/mol. The van der Waals surface area contributed by atoms with Gasteiger partial charge in [-0.1, -0.05) is 18.2 Å². The second-order valence-corrected chi connectivity index (χ2v) is 5.12. The first-order valence-electron chi connectivity index (χ1n) is 6.80. The number of aliphatic hydroxyl groups excluding tert-OH is 1. The van der Waals surface area contributed by atoms with E-state index in [9.17, 15) is 10.1 Å². The molecule has 0 amide bonds. The van der Waals surface area contributed by atoms with Gasteiger partial charge in [0.15, 0.2) is 0 Å². The van der Waals surface area contributed by atoms with Crippen molar-refractivity contribution >= 4 is 5.69 Å². The average Bonchev–Trinajstić information content (AvgIpc) is 2.46. The van der Waals surface area contributed by atoms with Crippen LogP contribution in [0.2, 0.25) is 0 Å². The lowest BCUT2D eigenvalue weighted by atomic mass is 10.1. The van der Waals surface area contributed by atoms with E-state index in [1.807, 2.05) is 6.07 Å². The lowest BCUT2D eigenvalue weighted by molar-refractivity contribution is -0.385. The fraction of sp³-hybridized carbons (Fsp3) is 0.571. The molecule has 20 heavy (non-hydrogen) atoms. The first-order valence-corrected chi connectivity index (χ1v) is 6.80. The van der Waals surface area contributed by atoms with Crippen molar-refractivity contribution in [2.24, 2.45) is 0 Å². The Labute approximate surface area is 118 Å². The van der Waals surface area contributed by atoms with Gasteiger partial charge < -0.3 is 9.84 Å². The van der Waals surface area contributed by atoms with Crippen LogP contribution in [-0.2, 0) is 11.2 Å². The number of nitrogens with zero attached hydrogens (tertiary/aromatic N) is 2. The van der Waals surface area contributed by atoms with Gasteiger partial charge in [0, 0.05) is 30.8 Å². The van der Waals surface area contributed by atoms with Gasteiger partial charge in [-0.15, -0.1) is 0 Å². The minimum absolute atomic E-state index is 0.00864. The van der Waals surface area contributed by atoms with E-state index in [0.717, 1.165) is 12.1 Å². The molecule has 1 aliphatic heterocycles. The molecule has 1 fully saturated rings. The van der Waals surface area contributed by atoms with Gasteiger partial charge in [-0.05, 0) is 13.3 Å². The molecular formula is C14H20N2O4. The Morgan fingerprint density at radius 2 is 2.25 bits per heavy atom. The molecule has 6 nitrogen and oxygen atoms in total. The number of hydrogen-bond donors (Lipinski definition) is 1. The van der Waals surface area contributed by atoms with Crippen molar-refractivity contribution in [3.8, 4) is 0 Å². The molecule has 2 unspecified atom stereocenters. The SMILES string of the molecule is CC1COC(CO)CN1CCc1ccccc1[N+](=O)[O-]. The summed E-state index contributed by atoms with van der Waals surface area (Å²) in [5, 5.41) is 20.1. The number of aliphatic hydroxyl groups is 1. The fourth-order valence-electron chi connectivity index (χ4n) is 2.46. The quantitative estimate of drug-likeness (QED) is 0.648. The molecule has 1 N–H and O–H groups in total. The van der Waals surface area contributed by atoms with Crippen molar-refractivity contribution in [1.29, 1.82) is 0 Å². The molecule has 0 bridgehead atoms. The van der Waals surface area contributed by atoms with E-state index in [0.29, 0.717) is 19.6 Å². The maximum Gasteiger partial charge on any atom is 0.272 e. The Kier molecular flexibility index (Phi) is 5.05. The molecule has 0 aliphatic carbocycles. The molecule has 1 aliphatic rings. The lowest BCUT2D eigenvalue weighted by Crippen LogP contribution is -2.50. The van der Waals surface area contributed by atoms with Crippen molar-refractivity contribution in [2.45, 2.75) is 25.5 Å². The van der Waals surface area contributed by atoms with E-state index in [-0.39, 0.29) is 29.4 Å². The second-order valence-electron chi connectivity index (χ2n) is 5.12. The van der Waals surface area contributed by atoms with Crippen LogP contribution in [0, 0.1) is 10.1 Å². The van der Waals surface area contributed by atoms with Gasteiger partial charge in [-0.3, -0.25) is 15.0 Å². The van der Waals surface area contributed by atoms with Gasteiger partial charge in [-0.25, -0.2) is 0 Å². The van der Waals surface area contributed by atoms with E-state index >= 15 is 0 Å². The van der Waals surface area contributed by atoms with Crippen molar-refractivity contribution in [3.63, 3.8) is 0 Å². The van der Waals surface area contributed by atoms with Gasteiger partial charge in [0.05, 0.1) is 24.2 Å². The van der Waals surface area contributed by atoms with E-state index < -0.39 is 0 Å². The van der Waals surface area contributed by atoms with Crippen molar-refractivity contribution in [3.05, 3.63) is 39.9 Å². The normalized spacial score (nSPS) is 23.7. The van der Waals surface area contributed by atoms with Gasteiger partial charge in [0.2, 0.25) is 0 Å². The summed E-state index contributed by atoms with van der Waals surface area (Å²) in [5.74, 6) is 0. The summed E-state index contributed by atoms with van der Waals surface area (Å²) < 4.78 is 5.48. The largest absolute Gasteiger partial charge is 0.394 e. The van der Waals surface area contributed by atoms with E-state index in [1.54, 1.807) is 12.1 Å². The fourth-order valence-corrected chi connectivity index (χ4v) is 2.46. The summed E-state index contributed by atoms with van der Waals surface area (Å²) in [5.41, 5.74) is 0.920. The number of hydrogen-bond acceptors (Lipinski definition) is 5. The monoisotopic (exact) mass is 280 g/mol. The van der Waals surface area contributed by atoms with Crippen molar-refractivity contribution < 1.29 is 14.8 Å². The van der Waals surface area contributed by atoms with Crippen LogP contribution in [-0.4, -0.2) is 53.4 Å². The lowest BCUT2D eigenvalue weighted by Gasteiger charge is -2.37. The van der Waals surface area contributed by atoms with Crippen LogP contribution in [0.5, 0.6) is 0 Å². The highest BCUT2D eigenvalue weighted by Gasteiger charge is 2.25. The van der Waals surface area contributed by atoms with Gasteiger partial charge in [-0.2, -0.15) is 0 Å². The van der Waals surface area contributed by atoms with Gasteiger partial charge >= 0.3 is 0 Å². The second kappa shape index (κ2) is 6.78. The Morgan fingerprint density at radius 1 is 1.50 bits per heavy atom. The molecule has 0 saturated carbocycles. The predicted octanol–water partition coefficient (Wildman–Crippen LogP) is 1.22. The van der Waals surface area contributed by atoms with Crippen LogP contribution in [0.25, 0.3) is 0 Å². The molecule has 0 aromatic heterocycles. The van der Waals surface area contributed by atoms with Crippen LogP contribution in [0.3, 0.4) is 0 Å². The molecule has 0 spiro atoms. The molecule has 6 heteroatoms. The first kappa shape index (κ1) is 14.9. The third-order valence-electron chi connectivity index (χ3n) is 3.69. The van der Waals surface area contributed by atoms with Crippen molar-refractivity contribution in [1.82, 2.24) is 4.90 Å². The van der Waals surface area contributed by atoms with Crippen LogP contribution < -0.4 is 0 Å². The zero-order valence-electron chi connectivity index (χ0n) is 11.6. The summed E-state index contributed by atoms with van der Waals surface area (Å²) in [7, 11) is 0. The highest BCUT2D eigenvalue weighted by atomic mass is 16.6. The molecular weight excluding hydrogens is 260 g/mol. The third-order valence-corrected chi connectivity index (χ3v) is 3.69. The smallest absolute Gasteiger partial charge is 0.272 e. The third kappa shape index (κ3) is 3.53. The Hall–Kier alpha value is -1.50. The number of rotatable bonds is 5. The molecule has 2 atom stereocenters. The molecule has 1 heterocycles. The molecule has 110 valence electrons. The number of benzene rings is 1. The zero-order chi connectivity index (χ0) is 14.5. The van der Waals surface area contributed by atoms with Crippen LogP contribution in [0.1, 0.15) is 12.5 Å². The predicted molar refractivity (Wildman–Crippen MR) is 74.7 cm³/mol. The Bertz CT molecular complexity index is 466. The van der Waals surface area contributed by atoms with Gasteiger partial charge in [0.1, 0.15) is 0 Å². The summed E-state index contributed by atoms with van der Waals surface area (Å²) >= 11 is 0. The summed E-state index contributed by atoms with van der Waals surface area (Å²) in [6, 6.07) is 7.10. The number of morpholine rings is 1. The van der Waals surface area contributed by atoms with E-state index in [2.05, 4.69) is 11.8 Å². The van der Waals surface area contributed by atoms with Crippen LogP contribution in [0.15, 0.2) is 24.3 Å². The van der Waals surface area contributed by atoms with Crippen LogP contribution >= 0.6 is 0 Å². The Morgan fingerprint density at radius 3 is 2.95 bits per heavy atom. The standard InChI is InChI=1S/C14H20N2O4/c1-11-10-20-13(9-17)8-15(11)7-6-12-4-2-3-5-14(12)16(18)19/h2-5,11,13,17H,6-10H2,1H3. The van der Waals surface area contributed by atoms with Crippen molar-refractivity contribution in [2.75, 3.05) is 26.3 Å². The summed E-state index contributed by atoms with van der Waals surface area (Å²) in [6.45, 7) is 4.05. The molecule has 2 rings (SSSR count). The molecule has 1 saturated heterocycles. The highest BCUT2D eigenvalue weighted by molar-refractivity contribution is 5.39. The summed E-state index contributed by atoms with van der Waals surface area (Å²) in [4.78, 5) is 12.8. The number of para-hydroxylation sites is 1. The molecule has 1 aromatic rings. The summed E-state index contributed by atoms with van der Waals surface area (Å²) in [6.07, 6.45) is 0.469. The topological polar surface area (TPSA) is 75.8 Å². The maximum atomic E-state index is 11.0. The van der Waals surface area contributed by atoms with Gasteiger partial charge in [0.25, 0.3) is 5.69 Å². The molecule has 0 radical (unpaired) electrons. The Balaban J connectivity index is 1.99. The minimum atomic E-state index is -0.339. The minimum Gasteiger partial charge on any atom is -0.394 e. The van der Waals surface area contributed by atoms with E-state index in [4.69, 9.17) is 9.84 Å². The number of nitro benzene ring substituents is 1. The highest BCUT2D eigenvalue weighted by Crippen LogP contribution is 2.19. The first-order chi connectivity index (χ1) is 9.61. The zero-order valence-corrected chi connectivity index (χ0v) is 11.6. The maximum absolute atomic E-state index is 11.0.